The topological polar surface area (TPSA) is 126 Å². The number of benzene rings is 1. The minimum Gasteiger partial charge on any atom is -0.493 e. The van der Waals surface area contributed by atoms with Crippen molar-refractivity contribution in [1.82, 2.24) is 15.4 Å². The number of amides is 1. The van der Waals surface area contributed by atoms with Gasteiger partial charge < -0.3 is 14.5 Å². The molecule has 0 aliphatic carbocycles. The Hall–Kier alpha value is -3.36. The second-order valence-electron chi connectivity index (χ2n) is 6.45. The summed E-state index contributed by atoms with van der Waals surface area (Å²) >= 11 is 0. The first-order chi connectivity index (χ1) is 13.9. The molecule has 29 heavy (non-hydrogen) atoms. The molecule has 0 fully saturated rings. The molecule has 9 heteroatoms. The largest absolute Gasteiger partial charge is 0.493 e. The van der Waals surface area contributed by atoms with Crippen LogP contribution in [0, 0.1) is 6.92 Å². The number of aromatic amines is 2. The molecule has 156 valence electrons. The molecule has 0 aliphatic heterocycles. The van der Waals surface area contributed by atoms with Gasteiger partial charge in [-0.2, -0.15) is 5.10 Å². The lowest BCUT2D eigenvalue weighted by atomic mass is 10.1. The predicted molar refractivity (Wildman–Crippen MR) is 110 cm³/mol. The van der Waals surface area contributed by atoms with Crippen LogP contribution in [0.1, 0.15) is 43.0 Å². The van der Waals surface area contributed by atoms with Crippen molar-refractivity contribution < 1.29 is 14.3 Å². The molecule has 0 aliphatic rings. The third-order valence-corrected chi connectivity index (χ3v) is 4.19. The Morgan fingerprint density at radius 1 is 1.21 bits per heavy atom. The Morgan fingerprint density at radius 3 is 2.69 bits per heavy atom. The van der Waals surface area contributed by atoms with E-state index in [4.69, 9.17) is 9.47 Å². The average Bonchev–Trinajstić information content (AvgIpc) is 2.68. The molecule has 3 N–H and O–H groups in total. The highest BCUT2D eigenvalue weighted by Crippen LogP contribution is 2.27. The Labute approximate surface area is 168 Å². The third kappa shape index (κ3) is 6.63. The number of hydrogen-bond donors (Lipinski definition) is 3. The van der Waals surface area contributed by atoms with Crippen molar-refractivity contribution >= 4 is 12.1 Å². The van der Waals surface area contributed by atoms with Gasteiger partial charge in [0.05, 0.1) is 26.4 Å². The minimum atomic E-state index is -0.610. The van der Waals surface area contributed by atoms with Gasteiger partial charge in [-0.15, -0.1) is 0 Å². The van der Waals surface area contributed by atoms with Crippen molar-refractivity contribution in [2.45, 2.75) is 39.5 Å². The molecule has 0 radical (unpaired) electrons. The molecule has 1 aromatic heterocycles. The van der Waals surface area contributed by atoms with E-state index >= 15 is 0 Å². The van der Waals surface area contributed by atoms with E-state index in [0.717, 1.165) is 19.3 Å². The maximum absolute atomic E-state index is 12.0. The van der Waals surface area contributed by atoms with Gasteiger partial charge in [-0.1, -0.05) is 19.8 Å². The molecule has 1 heterocycles. The predicted octanol–water partition coefficient (Wildman–Crippen LogP) is 1.64. The van der Waals surface area contributed by atoms with E-state index < -0.39 is 17.2 Å². The molecule has 1 aromatic carbocycles. The molecule has 2 rings (SSSR count). The van der Waals surface area contributed by atoms with Crippen LogP contribution in [0.4, 0.5) is 0 Å². The second-order valence-corrected chi connectivity index (χ2v) is 6.45. The zero-order chi connectivity index (χ0) is 21.2. The maximum atomic E-state index is 12.0. The summed E-state index contributed by atoms with van der Waals surface area (Å²) in [6.45, 7) is 4.31. The van der Waals surface area contributed by atoms with Crippen LogP contribution in [0.2, 0.25) is 0 Å². The first-order valence-electron chi connectivity index (χ1n) is 9.39. The number of H-pyrrole nitrogens is 2. The Balaban J connectivity index is 1.96. The monoisotopic (exact) mass is 402 g/mol. The van der Waals surface area contributed by atoms with Crippen molar-refractivity contribution in [2.75, 3.05) is 13.7 Å². The quantitative estimate of drug-likeness (QED) is 0.316. The molecule has 0 saturated carbocycles. The second kappa shape index (κ2) is 10.8. The van der Waals surface area contributed by atoms with Crippen molar-refractivity contribution in [2.24, 2.45) is 5.10 Å². The SMILES string of the molecule is CCCCCOc1ccc(/C=N\NC(=O)Cc2c(C)[nH]c(=O)[nH]c2=O)cc1OC. The molecule has 0 spiro atoms. The highest BCUT2D eigenvalue weighted by atomic mass is 16.5. The van der Waals surface area contributed by atoms with Gasteiger partial charge in [0.1, 0.15) is 0 Å². The van der Waals surface area contributed by atoms with E-state index in [0.29, 0.717) is 29.4 Å². The Kier molecular flexibility index (Phi) is 8.20. The van der Waals surface area contributed by atoms with Crippen LogP contribution in [0.25, 0.3) is 0 Å². The van der Waals surface area contributed by atoms with Gasteiger partial charge in [-0.25, -0.2) is 10.2 Å². The number of unbranched alkanes of at least 4 members (excludes halogenated alkanes) is 2. The number of methoxy groups -OCH3 is 1. The minimum absolute atomic E-state index is 0.184. The molecular formula is C20H26N4O5. The average molecular weight is 402 g/mol. The van der Waals surface area contributed by atoms with E-state index in [2.05, 4.69) is 27.4 Å². The van der Waals surface area contributed by atoms with E-state index in [-0.39, 0.29) is 12.0 Å². The van der Waals surface area contributed by atoms with Gasteiger partial charge in [0.25, 0.3) is 5.56 Å². The third-order valence-electron chi connectivity index (χ3n) is 4.19. The van der Waals surface area contributed by atoms with Crippen LogP contribution < -0.4 is 26.1 Å². The molecule has 0 unspecified atom stereocenters. The van der Waals surface area contributed by atoms with E-state index in [1.165, 1.54) is 6.21 Å². The van der Waals surface area contributed by atoms with Gasteiger partial charge >= 0.3 is 5.69 Å². The highest BCUT2D eigenvalue weighted by Gasteiger charge is 2.11. The first kappa shape index (κ1) is 21.9. The summed E-state index contributed by atoms with van der Waals surface area (Å²) in [6, 6.07) is 5.34. The number of nitrogens with one attached hydrogen (secondary N) is 3. The number of hydrogen-bond acceptors (Lipinski definition) is 6. The molecule has 9 nitrogen and oxygen atoms in total. The van der Waals surface area contributed by atoms with E-state index in [9.17, 15) is 14.4 Å². The zero-order valence-corrected chi connectivity index (χ0v) is 16.8. The summed E-state index contributed by atoms with van der Waals surface area (Å²) in [5.74, 6) is 0.745. The molecule has 0 bridgehead atoms. The number of rotatable bonds is 10. The van der Waals surface area contributed by atoms with Gasteiger partial charge in [-0.05, 0) is 37.1 Å². The summed E-state index contributed by atoms with van der Waals surface area (Å²) < 4.78 is 11.1. The van der Waals surface area contributed by atoms with Crippen LogP contribution in [-0.4, -0.2) is 35.8 Å². The van der Waals surface area contributed by atoms with Crippen LogP contribution >= 0.6 is 0 Å². The van der Waals surface area contributed by atoms with Crippen LogP contribution in [0.15, 0.2) is 32.9 Å². The number of aryl methyl sites for hydroxylation is 1. The first-order valence-corrected chi connectivity index (χ1v) is 9.39. The Bertz CT molecular complexity index is 978. The van der Waals surface area contributed by atoms with Crippen LogP contribution in [0.3, 0.4) is 0 Å². The fourth-order valence-corrected chi connectivity index (χ4v) is 2.64. The number of nitrogens with zero attached hydrogens (tertiary/aromatic N) is 1. The maximum Gasteiger partial charge on any atom is 0.325 e. The van der Waals surface area contributed by atoms with Crippen LogP contribution in [0.5, 0.6) is 11.5 Å². The molecule has 2 aromatic rings. The lowest BCUT2D eigenvalue weighted by molar-refractivity contribution is -0.120. The number of carbonyl (C=O) groups excluding carboxylic acids is 1. The summed E-state index contributed by atoms with van der Waals surface area (Å²) in [4.78, 5) is 39.5. The van der Waals surface area contributed by atoms with Crippen LogP contribution in [-0.2, 0) is 11.2 Å². The lowest BCUT2D eigenvalue weighted by Gasteiger charge is -2.11. The van der Waals surface area contributed by atoms with Gasteiger partial charge in [-0.3, -0.25) is 14.6 Å². The van der Waals surface area contributed by atoms with Gasteiger partial charge in [0.15, 0.2) is 11.5 Å². The zero-order valence-electron chi connectivity index (χ0n) is 16.8. The van der Waals surface area contributed by atoms with E-state index in [1.54, 1.807) is 32.2 Å². The summed E-state index contributed by atoms with van der Waals surface area (Å²) in [5, 5.41) is 3.90. The van der Waals surface area contributed by atoms with Crippen molar-refractivity contribution in [3.63, 3.8) is 0 Å². The molecular weight excluding hydrogens is 376 g/mol. The van der Waals surface area contributed by atoms with Crippen molar-refractivity contribution in [1.29, 1.82) is 0 Å². The normalized spacial score (nSPS) is 10.9. The van der Waals surface area contributed by atoms with Crippen molar-refractivity contribution in [3.8, 4) is 11.5 Å². The number of hydrazone groups is 1. The standard InChI is InChI=1S/C20H26N4O5/c1-4-5-6-9-29-16-8-7-14(10-17(16)28-3)12-21-24-18(25)11-15-13(2)22-20(27)23-19(15)26/h7-8,10,12H,4-6,9,11H2,1-3H3,(H,24,25)(H2,22,23,26,27)/b21-12-. The van der Waals surface area contributed by atoms with Crippen molar-refractivity contribution in [3.05, 3.63) is 55.9 Å². The Morgan fingerprint density at radius 2 is 2.00 bits per heavy atom. The highest BCUT2D eigenvalue weighted by molar-refractivity contribution is 5.84. The molecule has 0 atom stereocenters. The number of aromatic nitrogens is 2. The fraction of sp³-hybridized carbons (Fsp3) is 0.400. The summed E-state index contributed by atoms with van der Waals surface area (Å²) in [5.41, 5.74) is 2.40. The number of carbonyl (C=O) groups is 1. The fourth-order valence-electron chi connectivity index (χ4n) is 2.64. The van der Waals surface area contributed by atoms with Gasteiger partial charge in [0, 0.05) is 11.3 Å². The number of ether oxygens (including phenoxy) is 2. The summed E-state index contributed by atoms with van der Waals surface area (Å²) in [6.07, 6.45) is 4.47. The summed E-state index contributed by atoms with van der Waals surface area (Å²) in [7, 11) is 1.56. The lowest BCUT2D eigenvalue weighted by Crippen LogP contribution is -2.30. The van der Waals surface area contributed by atoms with Gasteiger partial charge in [0.2, 0.25) is 5.91 Å². The molecule has 1 amide bonds. The van der Waals surface area contributed by atoms with E-state index in [1.807, 2.05) is 0 Å². The smallest absolute Gasteiger partial charge is 0.325 e. The molecule has 0 saturated heterocycles.